The third-order valence-electron chi connectivity index (χ3n) is 1.26. The first-order valence-corrected chi connectivity index (χ1v) is 4.73. The van der Waals surface area contributed by atoms with Crippen LogP contribution in [0.2, 0.25) is 0 Å². The molecular weight excluding hydrogens is 204 g/mol. The molecule has 1 rings (SSSR count). The Labute approximate surface area is 88.4 Å². The predicted molar refractivity (Wildman–Crippen MR) is 50.5 cm³/mol. The molecule has 0 saturated carbocycles. The van der Waals surface area contributed by atoms with Crippen LogP contribution in [-0.4, -0.2) is 38.2 Å². The Morgan fingerprint density at radius 2 is 1.93 bits per heavy atom. The van der Waals surface area contributed by atoms with Crippen molar-refractivity contribution in [1.82, 2.24) is 0 Å². The summed E-state index contributed by atoms with van der Waals surface area (Å²) in [5.41, 5.74) is 0. The molecule has 1 heterocycles. The van der Waals surface area contributed by atoms with Crippen LogP contribution in [0.1, 0.15) is 20.8 Å². The van der Waals surface area contributed by atoms with Crippen molar-refractivity contribution < 1.29 is 28.5 Å². The third-order valence-corrected chi connectivity index (χ3v) is 1.26. The van der Waals surface area contributed by atoms with Gasteiger partial charge in [-0.2, -0.15) is 0 Å². The molecule has 0 aromatic rings. The van der Waals surface area contributed by atoms with Crippen molar-refractivity contribution in [2.24, 2.45) is 0 Å². The molecule has 1 saturated heterocycles. The minimum Gasteiger partial charge on any atom is -0.435 e. The molecule has 6 heteroatoms. The van der Waals surface area contributed by atoms with Crippen molar-refractivity contribution in [3.05, 3.63) is 0 Å². The van der Waals surface area contributed by atoms with E-state index in [9.17, 15) is 9.59 Å². The first-order valence-electron chi connectivity index (χ1n) is 4.73. The van der Waals surface area contributed by atoms with E-state index in [0.717, 1.165) is 0 Å². The highest BCUT2D eigenvalue weighted by Gasteiger charge is 2.19. The first-order chi connectivity index (χ1) is 7.10. The second-order valence-electron chi connectivity index (χ2n) is 2.61. The lowest BCUT2D eigenvalue weighted by Gasteiger charge is -1.98. The van der Waals surface area contributed by atoms with Crippen molar-refractivity contribution >= 4 is 12.3 Å². The first kappa shape index (κ1) is 13.5. The second kappa shape index (κ2) is 7.90. The smallest absolute Gasteiger partial charge is 0.435 e. The standard InChI is InChI=1S/C5H10O3.C4H6O3/c1-3-7-5(6)8-4-2;1-3-2-6-4(5)7-3/h3-4H2,1-2H3;3H,2H2,1H3. The molecule has 0 amide bonds. The fraction of sp³-hybridized carbons (Fsp3) is 0.778. The average Bonchev–Trinajstić information content (AvgIpc) is 2.52. The molecule has 0 bridgehead atoms. The van der Waals surface area contributed by atoms with Crippen molar-refractivity contribution in [1.29, 1.82) is 0 Å². The van der Waals surface area contributed by atoms with Crippen molar-refractivity contribution in [2.45, 2.75) is 26.9 Å². The maximum absolute atomic E-state index is 10.2. The van der Waals surface area contributed by atoms with Crippen LogP contribution in [0.4, 0.5) is 9.59 Å². The van der Waals surface area contributed by atoms with Gasteiger partial charge in [-0.25, -0.2) is 9.59 Å². The number of carbonyl (C=O) groups is 2. The summed E-state index contributed by atoms with van der Waals surface area (Å²) in [6, 6.07) is 0. The van der Waals surface area contributed by atoms with E-state index in [-0.39, 0.29) is 6.10 Å². The van der Waals surface area contributed by atoms with E-state index in [1.165, 1.54) is 0 Å². The Hall–Kier alpha value is -1.46. The van der Waals surface area contributed by atoms with Gasteiger partial charge in [0.25, 0.3) is 0 Å². The quantitative estimate of drug-likeness (QED) is 0.660. The van der Waals surface area contributed by atoms with Crippen molar-refractivity contribution in [2.75, 3.05) is 19.8 Å². The van der Waals surface area contributed by atoms with Crippen LogP contribution in [-0.2, 0) is 18.9 Å². The highest BCUT2D eigenvalue weighted by molar-refractivity contribution is 5.61. The van der Waals surface area contributed by atoms with E-state index < -0.39 is 12.3 Å². The van der Waals surface area contributed by atoms with E-state index in [0.29, 0.717) is 19.8 Å². The molecule has 15 heavy (non-hydrogen) atoms. The Morgan fingerprint density at radius 1 is 1.40 bits per heavy atom. The number of carbonyl (C=O) groups excluding carboxylic acids is 2. The lowest BCUT2D eigenvalue weighted by molar-refractivity contribution is 0.0630. The van der Waals surface area contributed by atoms with Gasteiger partial charge in [-0.3, -0.25) is 0 Å². The number of hydrogen-bond acceptors (Lipinski definition) is 6. The summed E-state index contributed by atoms with van der Waals surface area (Å²) in [5, 5.41) is 0. The van der Waals surface area contributed by atoms with Crippen LogP contribution < -0.4 is 0 Å². The summed E-state index contributed by atoms with van der Waals surface area (Å²) < 4.78 is 17.7. The molecule has 0 aromatic carbocycles. The second-order valence-corrected chi connectivity index (χ2v) is 2.61. The van der Waals surface area contributed by atoms with Crippen LogP contribution in [0.3, 0.4) is 0 Å². The van der Waals surface area contributed by atoms with Gasteiger partial charge in [-0.1, -0.05) is 0 Å². The minimum absolute atomic E-state index is 0.0486. The minimum atomic E-state index is -0.588. The fourth-order valence-corrected chi connectivity index (χ4v) is 0.695. The van der Waals surface area contributed by atoms with E-state index in [4.69, 9.17) is 0 Å². The molecule has 0 aromatic heterocycles. The molecule has 1 atom stereocenters. The van der Waals surface area contributed by atoms with Gasteiger partial charge in [0, 0.05) is 0 Å². The lowest BCUT2D eigenvalue weighted by Crippen LogP contribution is -2.05. The number of hydrogen-bond donors (Lipinski definition) is 0. The van der Waals surface area contributed by atoms with Crippen LogP contribution in [0.5, 0.6) is 0 Å². The molecule has 6 nitrogen and oxygen atoms in total. The Kier molecular flexibility index (Phi) is 7.13. The van der Waals surface area contributed by atoms with Gasteiger partial charge in [-0.05, 0) is 20.8 Å². The number of cyclic esters (lactones) is 2. The number of rotatable bonds is 2. The number of ether oxygens (including phenoxy) is 4. The maximum Gasteiger partial charge on any atom is 0.508 e. The zero-order valence-electron chi connectivity index (χ0n) is 9.15. The highest BCUT2D eigenvalue weighted by Crippen LogP contribution is 2.02. The zero-order chi connectivity index (χ0) is 11.7. The fourth-order valence-electron chi connectivity index (χ4n) is 0.695. The van der Waals surface area contributed by atoms with E-state index >= 15 is 0 Å². The lowest BCUT2D eigenvalue weighted by atomic mass is 10.5. The Morgan fingerprint density at radius 3 is 2.13 bits per heavy atom. The summed E-state index contributed by atoms with van der Waals surface area (Å²) in [6.07, 6.45) is -1.19. The molecule has 1 unspecified atom stereocenters. The van der Waals surface area contributed by atoms with Gasteiger partial charge in [-0.15, -0.1) is 0 Å². The largest absolute Gasteiger partial charge is 0.508 e. The van der Waals surface area contributed by atoms with Crippen molar-refractivity contribution in [3.63, 3.8) is 0 Å². The summed E-state index contributed by atoms with van der Waals surface area (Å²) in [4.78, 5) is 20.2. The van der Waals surface area contributed by atoms with Gasteiger partial charge in [0.2, 0.25) is 0 Å². The molecule has 1 aliphatic rings. The summed E-state index contributed by atoms with van der Waals surface area (Å²) in [5.74, 6) is 0. The highest BCUT2D eigenvalue weighted by atomic mass is 16.8. The zero-order valence-corrected chi connectivity index (χ0v) is 9.15. The van der Waals surface area contributed by atoms with Crippen LogP contribution in [0, 0.1) is 0 Å². The molecule has 0 spiro atoms. The van der Waals surface area contributed by atoms with E-state index in [2.05, 4.69) is 18.9 Å². The van der Waals surface area contributed by atoms with Crippen LogP contribution in [0.15, 0.2) is 0 Å². The van der Waals surface area contributed by atoms with Crippen LogP contribution >= 0.6 is 0 Å². The summed E-state index contributed by atoms with van der Waals surface area (Å²) in [6.45, 7) is 6.40. The molecule has 0 N–H and O–H groups in total. The van der Waals surface area contributed by atoms with E-state index in [1.807, 2.05) is 0 Å². The average molecular weight is 220 g/mol. The normalized spacial score (nSPS) is 18.1. The van der Waals surface area contributed by atoms with Gasteiger partial charge in [0.1, 0.15) is 12.7 Å². The van der Waals surface area contributed by atoms with Gasteiger partial charge < -0.3 is 18.9 Å². The Balaban J connectivity index is 0.000000262. The summed E-state index contributed by atoms with van der Waals surface area (Å²) in [7, 11) is 0. The molecule has 1 aliphatic heterocycles. The maximum atomic E-state index is 10.2. The van der Waals surface area contributed by atoms with Gasteiger partial charge in [0.15, 0.2) is 0 Å². The van der Waals surface area contributed by atoms with E-state index in [1.54, 1.807) is 20.8 Å². The van der Waals surface area contributed by atoms with Crippen molar-refractivity contribution in [3.8, 4) is 0 Å². The van der Waals surface area contributed by atoms with Gasteiger partial charge >= 0.3 is 12.3 Å². The molecule has 88 valence electrons. The predicted octanol–water partition coefficient (Wildman–Crippen LogP) is 1.72. The topological polar surface area (TPSA) is 71.1 Å². The Bertz CT molecular complexity index is 195. The van der Waals surface area contributed by atoms with Gasteiger partial charge in [0.05, 0.1) is 13.2 Å². The SMILES string of the molecule is CC1COC(=O)O1.CCOC(=O)OCC. The monoisotopic (exact) mass is 220 g/mol. The molecule has 0 radical (unpaired) electrons. The summed E-state index contributed by atoms with van der Waals surface area (Å²) >= 11 is 0. The molecule has 0 aliphatic carbocycles. The third kappa shape index (κ3) is 7.60. The van der Waals surface area contributed by atoms with Crippen LogP contribution in [0.25, 0.3) is 0 Å². The molecule has 1 fully saturated rings. The molecular formula is C9H16O6.